The minimum absolute atomic E-state index is 0.149. The van der Waals surface area contributed by atoms with Crippen LogP contribution in [-0.4, -0.2) is 25.7 Å². The smallest absolute Gasteiger partial charge is 0.307 e. The molecule has 0 rings (SSSR count). The Morgan fingerprint density at radius 1 is 1.38 bits per heavy atom. The average molecular weight is 187 g/mol. The van der Waals surface area contributed by atoms with E-state index in [1.54, 1.807) is 0 Å². The van der Waals surface area contributed by atoms with Gasteiger partial charge in [-0.15, -0.1) is 0 Å². The Morgan fingerprint density at radius 3 is 2.46 bits per heavy atom. The fraction of sp³-hybridized carbons (Fsp3) is 0.900. The number of nitrogens with one attached hydrogen (secondary N) is 1. The van der Waals surface area contributed by atoms with Crippen LogP contribution in [0, 0.1) is 5.92 Å². The number of carbonyl (C=O) groups is 1. The molecule has 1 N–H and O–H groups in total. The lowest BCUT2D eigenvalue weighted by Gasteiger charge is -2.13. The van der Waals surface area contributed by atoms with Crippen LogP contribution in [0.3, 0.4) is 0 Å². The molecule has 0 aliphatic rings. The summed E-state index contributed by atoms with van der Waals surface area (Å²) in [4.78, 5) is 10.9. The number of ether oxygens (including phenoxy) is 1. The van der Waals surface area contributed by atoms with Crippen LogP contribution < -0.4 is 5.32 Å². The minimum Gasteiger partial charge on any atom is -0.469 e. The highest BCUT2D eigenvalue weighted by Crippen LogP contribution is 1.98. The van der Waals surface area contributed by atoms with Crippen molar-refractivity contribution in [3.8, 4) is 0 Å². The van der Waals surface area contributed by atoms with Gasteiger partial charge in [0.1, 0.15) is 0 Å². The van der Waals surface area contributed by atoms with E-state index in [-0.39, 0.29) is 12.0 Å². The van der Waals surface area contributed by atoms with E-state index in [1.165, 1.54) is 7.11 Å². The second-order valence-electron chi connectivity index (χ2n) is 3.82. The van der Waals surface area contributed by atoms with Crippen molar-refractivity contribution in [3.63, 3.8) is 0 Å². The molecule has 0 saturated carbocycles. The standard InChI is InChI=1S/C10H21NO2/c1-8(2)5-6-11-9(3)7-10(12)13-4/h8-9,11H,5-7H2,1-4H3/t9-/m1/s1. The Bertz CT molecular complexity index is 146. The molecule has 3 nitrogen and oxygen atoms in total. The van der Waals surface area contributed by atoms with Crippen molar-refractivity contribution in [2.24, 2.45) is 5.92 Å². The molecule has 0 aromatic rings. The molecule has 0 unspecified atom stereocenters. The highest BCUT2D eigenvalue weighted by molar-refractivity contribution is 5.69. The van der Waals surface area contributed by atoms with Gasteiger partial charge in [-0.25, -0.2) is 0 Å². The molecule has 3 heteroatoms. The number of hydrogen-bond acceptors (Lipinski definition) is 3. The summed E-state index contributed by atoms with van der Waals surface area (Å²) in [5.41, 5.74) is 0. The monoisotopic (exact) mass is 187 g/mol. The summed E-state index contributed by atoms with van der Waals surface area (Å²) in [7, 11) is 1.42. The number of esters is 1. The molecule has 0 bridgehead atoms. The van der Waals surface area contributed by atoms with Crippen molar-refractivity contribution in [1.29, 1.82) is 0 Å². The predicted octanol–water partition coefficient (Wildman–Crippen LogP) is 1.57. The van der Waals surface area contributed by atoms with Crippen LogP contribution >= 0.6 is 0 Å². The largest absolute Gasteiger partial charge is 0.469 e. The molecule has 0 fully saturated rings. The maximum atomic E-state index is 10.9. The molecule has 0 aliphatic carbocycles. The van der Waals surface area contributed by atoms with E-state index in [0.717, 1.165) is 13.0 Å². The van der Waals surface area contributed by atoms with E-state index < -0.39 is 0 Å². The van der Waals surface area contributed by atoms with Crippen LogP contribution in [0.1, 0.15) is 33.6 Å². The van der Waals surface area contributed by atoms with E-state index in [4.69, 9.17) is 0 Å². The van der Waals surface area contributed by atoms with Crippen LogP contribution in [0.5, 0.6) is 0 Å². The molecule has 13 heavy (non-hydrogen) atoms. The van der Waals surface area contributed by atoms with Crippen molar-refractivity contribution < 1.29 is 9.53 Å². The first kappa shape index (κ1) is 12.4. The van der Waals surface area contributed by atoms with Gasteiger partial charge in [-0.2, -0.15) is 0 Å². The molecule has 1 atom stereocenters. The van der Waals surface area contributed by atoms with Crippen LogP contribution in [0.15, 0.2) is 0 Å². The summed E-state index contributed by atoms with van der Waals surface area (Å²) in [6.07, 6.45) is 1.60. The average Bonchev–Trinajstić information content (AvgIpc) is 2.03. The number of methoxy groups -OCH3 is 1. The molecule has 0 aliphatic heterocycles. The van der Waals surface area contributed by atoms with Gasteiger partial charge in [0.15, 0.2) is 0 Å². The van der Waals surface area contributed by atoms with Crippen molar-refractivity contribution in [2.45, 2.75) is 39.7 Å². The lowest BCUT2D eigenvalue weighted by atomic mass is 10.1. The second-order valence-corrected chi connectivity index (χ2v) is 3.82. The zero-order chi connectivity index (χ0) is 10.3. The van der Waals surface area contributed by atoms with Gasteiger partial charge in [0.2, 0.25) is 0 Å². The van der Waals surface area contributed by atoms with E-state index in [9.17, 15) is 4.79 Å². The summed E-state index contributed by atoms with van der Waals surface area (Å²) < 4.78 is 4.57. The first-order valence-corrected chi connectivity index (χ1v) is 4.86. The summed E-state index contributed by atoms with van der Waals surface area (Å²) >= 11 is 0. The molecule has 0 spiro atoms. The van der Waals surface area contributed by atoms with Crippen LogP contribution in [0.4, 0.5) is 0 Å². The van der Waals surface area contributed by atoms with Crippen LogP contribution in [0.25, 0.3) is 0 Å². The molecule has 78 valence electrons. The molecule has 0 saturated heterocycles. The maximum Gasteiger partial charge on any atom is 0.307 e. The van der Waals surface area contributed by atoms with Gasteiger partial charge >= 0.3 is 5.97 Å². The maximum absolute atomic E-state index is 10.9. The third-order valence-corrected chi connectivity index (χ3v) is 1.92. The zero-order valence-electron chi connectivity index (χ0n) is 9.09. The molecular formula is C10H21NO2. The van der Waals surface area contributed by atoms with Gasteiger partial charge in [0.05, 0.1) is 13.5 Å². The Hall–Kier alpha value is -0.570. The van der Waals surface area contributed by atoms with E-state index in [2.05, 4.69) is 23.9 Å². The van der Waals surface area contributed by atoms with Crippen LogP contribution in [0.2, 0.25) is 0 Å². The van der Waals surface area contributed by atoms with Crippen molar-refractivity contribution in [2.75, 3.05) is 13.7 Å². The fourth-order valence-corrected chi connectivity index (χ4v) is 1.02. The lowest BCUT2D eigenvalue weighted by Crippen LogP contribution is -2.30. The number of hydrogen-bond donors (Lipinski definition) is 1. The van der Waals surface area contributed by atoms with E-state index in [1.807, 2.05) is 6.92 Å². The van der Waals surface area contributed by atoms with Gasteiger partial charge in [0, 0.05) is 6.04 Å². The number of carbonyl (C=O) groups excluding carboxylic acids is 1. The highest BCUT2D eigenvalue weighted by atomic mass is 16.5. The summed E-state index contributed by atoms with van der Waals surface area (Å²) in [6.45, 7) is 7.34. The van der Waals surface area contributed by atoms with Gasteiger partial charge < -0.3 is 10.1 Å². The third-order valence-electron chi connectivity index (χ3n) is 1.92. The lowest BCUT2D eigenvalue weighted by molar-refractivity contribution is -0.141. The van der Waals surface area contributed by atoms with Gasteiger partial charge in [0.25, 0.3) is 0 Å². The SMILES string of the molecule is COC(=O)C[C@@H](C)NCCC(C)C. The topological polar surface area (TPSA) is 38.3 Å². The predicted molar refractivity (Wildman–Crippen MR) is 53.6 cm³/mol. The van der Waals surface area contributed by atoms with Crippen molar-refractivity contribution >= 4 is 5.97 Å². The Kier molecular flexibility index (Phi) is 6.59. The van der Waals surface area contributed by atoms with Gasteiger partial charge in [-0.3, -0.25) is 4.79 Å². The Labute approximate surface area is 80.8 Å². The van der Waals surface area contributed by atoms with Gasteiger partial charge in [-0.1, -0.05) is 13.8 Å². The van der Waals surface area contributed by atoms with E-state index >= 15 is 0 Å². The quantitative estimate of drug-likeness (QED) is 0.641. The first-order valence-electron chi connectivity index (χ1n) is 4.86. The molecule has 0 heterocycles. The third kappa shape index (κ3) is 7.78. The molecule has 0 radical (unpaired) electrons. The fourth-order valence-electron chi connectivity index (χ4n) is 1.02. The Morgan fingerprint density at radius 2 is 2.00 bits per heavy atom. The molecule has 0 aromatic heterocycles. The summed E-state index contributed by atoms with van der Waals surface area (Å²) in [5.74, 6) is 0.558. The second kappa shape index (κ2) is 6.89. The van der Waals surface area contributed by atoms with Crippen LogP contribution in [-0.2, 0) is 9.53 Å². The molecular weight excluding hydrogens is 166 g/mol. The van der Waals surface area contributed by atoms with E-state index in [0.29, 0.717) is 12.3 Å². The van der Waals surface area contributed by atoms with Crippen molar-refractivity contribution in [3.05, 3.63) is 0 Å². The summed E-state index contributed by atoms with van der Waals surface area (Å²) in [5, 5.41) is 3.28. The Balaban J connectivity index is 3.40. The zero-order valence-corrected chi connectivity index (χ0v) is 9.09. The van der Waals surface area contributed by atoms with Crippen molar-refractivity contribution in [1.82, 2.24) is 5.32 Å². The van der Waals surface area contributed by atoms with Gasteiger partial charge in [-0.05, 0) is 25.8 Å². The summed E-state index contributed by atoms with van der Waals surface area (Å²) in [6, 6.07) is 0.214. The minimum atomic E-state index is -0.149. The first-order chi connectivity index (χ1) is 6.06. The normalized spacial score (nSPS) is 13.0. The number of rotatable bonds is 6. The highest BCUT2D eigenvalue weighted by Gasteiger charge is 2.07. The molecule has 0 aromatic carbocycles. The molecule has 0 amide bonds.